The zero-order valence-electron chi connectivity index (χ0n) is 11.7. The molecule has 0 spiro atoms. The number of hydrogen-bond donors (Lipinski definition) is 1. The molecule has 1 heterocycles. The first-order valence-corrected chi connectivity index (χ1v) is 9.56. The van der Waals surface area contributed by atoms with E-state index in [9.17, 15) is 13.2 Å². The summed E-state index contributed by atoms with van der Waals surface area (Å²) < 4.78 is 25.1. The number of amides is 1. The summed E-state index contributed by atoms with van der Waals surface area (Å²) >= 11 is 3.16. The van der Waals surface area contributed by atoms with Gasteiger partial charge in [0.25, 0.3) is 0 Å². The Labute approximate surface area is 128 Å². The third-order valence-electron chi connectivity index (χ3n) is 2.38. The van der Waals surface area contributed by atoms with Gasteiger partial charge in [-0.2, -0.15) is 0 Å². The summed E-state index contributed by atoms with van der Waals surface area (Å²) in [6.45, 7) is 2.16. The lowest BCUT2D eigenvalue weighted by atomic mass is 10.3. The van der Waals surface area contributed by atoms with Gasteiger partial charge < -0.3 is 5.32 Å². The molecule has 0 aliphatic carbocycles. The van der Waals surface area contributed by atoms with Crippen molar-refractivity contribution in [3.8, 4) is 0 Å². The van der Waals surface area contributed by atoms with Gasteiger partial charge in [-0.05, 0) is 5.75 Å². The lowest BCUT2D eigenvalue weighted by Crippen LogP contribution is -2.34. The van der Waals surface area contributed by atoms with Crippen molar-refractivity contribution in [3.63, 3.8) is 0 Å². The van der Waals surface area contributed by atoms with Gasteiger partial charge in [0, 0.05) is 26.0 Å². The van der Waals surface area contributed by atoms with E-state index in [1.54, 1.807) is 11.8 Å². The molecule has 0 saturated heterocycles. The topological polar surface area (TPSA) is 79.4 Å². The van der Waals surface area contributed by atoms with Crippen LogP contribution in [-0.2, 0) is 21.2 Å². The highest BCUT2D eigenvalue weighted by Gasteiger charge is 2.14. The van der Waals surface area contributed by atoms with Crippen LogP contribution in [0.5, 0.6) is 0 Å². The van der Waals surface area contributed by atoms with Crippen molar-refractivity contribution in [2.75, 3.05) is 32.1 Å². The van der Waals surface area contributed by atoms with Crippen LogP contribution >= 0.6 is 23.1 Å². The van der Waals surface area contributed by atoms with E-state index < -0.39 is 10.0 Å². The van der Waals surface area contributed by atoms with Crippen molar-refractivity contribution in [3.05, 3.63) is 11.1 Å². The average Bonchev–Trinajstić information content (AvgIpc) is 2.76. The summed E-state index contributed by atoms with van der Waals surface area (Å²) in [4.78, 5) is 16.0. The Morgan fingerprint density at radius 3 is 2.80 bits per heavy atom. The van der Waals surface area contributed by atoms with Crippen LogP contribution in [-0.4, -0.2) is 55.8 Å². The Morgan fingerprint density at radius 1 is 1.50 bits per heavy atom. The van der Waals surface area contributed by atoms with E-state index in [0.29, 0.717) is 0 Å². The number of sulfonamides is 1. The third kappa shape index (κ3) is 5.78. The maximum atomic E-state index is 11.7. The highest BCUT2D eigenvalue weighted by molar-refractivity contribution is 8.00. The highest BCUT2D eigenvalue weighted by atomic mass is 32.2. The van der Waals surface area contributed by atoms with Crippen LogP contribution in [0.4, 0.5) is 0 Å². The Kier molecular flexibility index (Phi) is 6.93. The minimum atomic E-state index is -3.27. The number of aromatic nitrogens is 1. The van der Waals surface area contributed by atoms with Crippen molar-refractivity contribution in [2.24, 2.45) is 0 Å². The summed E-state index contributed by atoms with van der Waals surface area (Å²) in [6.07, 6.45) is 0.183. The molecule has 6 nitrogen and oxygen atoms in total. The van der Waals surface area contributed by atoms with Gasteiger partial charge in [-0.15, -0.1) is 11.3 Å². The molecule has 0 fully saturated rings. The van der Waals surface area contributed by atoms with Gasteiger partial charge in [-0.3, -0.25) is 4.79 Å². The normalized spacial score (nSPS) is 11.8. The van der Waals surface area contributed by atoms with Crippen molar-refractivity contribution in [2.45, 2.75) is 17.7 Å². The van der Waals surface area contributed by atoms with Gasteiger partial charge in [0.05, 0.1) is 17.9 Å². The number of nitrogens with zero attached hydrogens (tertiary/aromatic N) is 2. The zero-order chi connectivity index (χ0) is 15.2. The van der Waals surface area contributed by atoms with E-state index in [4.69, 9.17) is 0 Å². The Hall–Kier alpha value is -0.640. The van der Waals surface area contributed by atoms with Crippen LogP contribution in [0.25, 0.3) is 0 Å². The molecule has 9 heteroatoms. The van der Waals surface area contributed by atoms with Crippen LogP contribution in [0.3, 0.4) is 0 Å². The first kappa shape index (κ1) is 17.4. The first-order valence-electron chi connectivity index (χ1n) is 6.09. The van der Waals surface area contributed by atoms with Gasteiger partial charge in [0.2, 0.25) is 15.9 Å². The predicted molar refractivity (Wildman–Crippen MR) is 82.7 cm³/mol. The molecule has 0 unspecified atom stereocenters. The first-order chi connectivity index (χ1) is 9.35. The highest BCUT2D eigenvalue weighted by Crippen LogP contribution is 2.22. The molecule has 20 heavy (non-hydrogen) atoms. The van der Waals surface area contributed by atoms with Crippen molar-refractivity contribution < 1.29 is 13.2 Å². The van der Waals surface area contributed by atoms with E-state index in [2.05, 4.69) is 10.3 Å². The maximum absolute atomic E-state index is 11.7. The monoisotopic (exact) mass is 337 g/mol. The number of nitrogens with one attached hydrogen (secondary N) is 1. The van der Waals surface area contributed by atoms with Gasteiger partial charge >= 0.3 is 0 Å². The number of carbonyl (C=O) groups excluding carboxylic acids is 1. The van der Waals surface area contributed by atoms with Crippen LogP contribution in [0.15, 0.2) is 9.72 Å². The molecule has 1 N–H and O–H groups in total. The van der Waals surface area contributed by atoms with E-state index in [1.165, 1.54) is 25.4 Å². The summed E-state index contributed by atoms with van der Waals surface area (Å²) in [5.41, 5.74) is 0.721. The number of hydrogen-bond acceptors (Lipinski definition) is 6. The fraction of sp³-hybridized carbons (Fsp3) is 0.636. The lowest BCUT2D eigenvalue weighted by molar-refractivity contribution is -0.120. The second-order valence-electron chi connectivity index (χ2n) is 4.16. The molecule has 1 aromatic heterocycles. The smallest absolute Gasteiger partial charge is 0.226 e. The third-order valence-corrected chi connectivity index (χ3v) is 6.16. The fourth-order valence-corrected chi connectivity index (χ4v) is 3.76. The molecule has 0 aliphatic heterocycles. The Balaban J connectivity index is 2.36. The summed E-state index contributed by atoms with van der Waals surface area (Å²) in [7, 11) is -0.325. The molecule has 0 radical (unpaired) electrons. The average molecular weight is 337 g/mol. The van der Waals surface area contributed by atoms with E-state index in [1.807, 2.05) is 12.3 Å². The quantitative estimate of drug-likeness (QED) is 0.710. The second-order valence-corrected chi connectivity index (χ2v) is 8.83. The van der Waals surface area contributed by atoms with Crippen LogP contribution < -0.4 is 5.32 Å². The number of thioether (sulfide) groups is 1. The van der Waals surface area contributed by atoms with Crippen molar-refractivity contribution in [1.82, 2.24) is 14.6 Å². The summed E-state index contributed by atoms with van der Waals surface area (Å²) in [5, 5.41) is 4.45. The van der Waals surface area contributed by atoms with E-state index >= 15 is 0 Å². The van der Waals surface area contributed by atoms with Crippen LogP contribution in [0.1, 0.15) is 12.6 Å². The molecule has 0 aliphatic rings. The molecular weight excluding hydrogens is 318 g/mol. The van der Waals surface area contributed by atoms with Crippen molar-refractivity contribution in [1.29, 1.82) is 0 Å². The zero-order valence-corrected chi connectivity index (χ0v) is 14.2. The van der Waals surface area contributed by atoms with Gasteiger partial charge in [-0.25, -0.2) is 17.7 Å². The number of rotatable bonds is 8. The summed E-state index contributed by atoms with van der Waals surface area (Å²) in [5.74, 6) is 0.638. The predicted octanol–water partition coefficient (Wildman–Crippen LogP) is 0.805. The lowest BCUT2D eigenvalue weighted by Gasteiger charge is -2.11. The molecule has 0 atom stereocenters. The molecule has 0 saturated carbocycles. The second kappa shape index (κ2) is 7.96. The molecule has 0 bridgehead atoms. The summed E-state index contributed by atoms with van der Waals surface area (Å²) in [6, 6.07) is 0. The standard InChI is InChI=1S/C11H19N3O3S3/c1-4-18-11-13-9(8-19-11)7-10(15)12-5-6-20(16,17)14(2)3/h8H,4-7H2,1-3H3,(H,12,15). The van der Waals surface area contributed by atoms with Crippen molar-refractivity contribution >= 4 is 39.0 Å². The van der Waals surface area contributed by atoms with Gasteiger partial charge in [-0.1, -0.05) is 18.7 Å². The minimum Gasteiger partial charge on any atom is -0.355 e. The molecule has 1 amide bonds. The maximum Gasteiger partial charge on any atom is 0.226 e. The largest absolute Gasteiger partial charge is 0.355 e. The fourth-order valence-electron chi connectivity index (χ4n) is 1.29. The van der Waals surface area contributed by atoms with Crippen LogP contribution in [0, 0.1) is 0 Å². The molecular formula is C11H19N3O3S3. The number of thiazole rings is 1. The van der Waals surface area contributed by atoms with Gasteiger partial charge in [0.15, 0.2) is 0 Å². The minimum absolute atomic E-state index is 0.0975. The molecule has 1 aromatic rings. The Morgan fingerprint density at radius 2 is 2.20 bits per heavy atom. The van der Waals surface area contributed by atoms with Crippen LogP contribution in [0.2, 0.25) is 0 Å². The van der Waals surface area contributed by atoms with Gasteiger partial charge in [0.1, 0.15) is 4.34 Å². The molecule has 114 valence electrons. The Bertz CT molecular complexity index is 540. The van der Waals surface area contributed by atoms with E-state index in [-0.39, 0.29) is 24.6 Å². The molecule has 0 aromatic carbocycles. The molecule has 1 rings (SSSR count). The number of carbonyl (C=O) groups is 1. The SMILES string of the molecule is CCSc1nc(CC(=O)NCCS(=O)(=O)N(C)C)cs1. The van der Waals surface area contributed by atoms with E-state index in [0.717, 1.165) is 20.1 Å².